The van der Waals surface area contributed by atoms with Crippen LogP contribution >= 0.6 is 0 Å². The number of carbonyl (C=O) groups is 1. The molecule has 1 amide bonds. The Morgan fingerprint density at radius 1 is 1.17 bits per heavy atom. The molecule has 0 aromatic heterocycles. The molecule has 2 rings (SSSR count). The highest BCUT2D eigenvalue weighted by molar-refractivity contribution is 5.91. The Morgan fingerprint density at radius 3 is 2.50 bits per heavy atom. The molecule has 0 saturated heterocycles. The standard InChI is InChI=1S/C15H21NO2/c17-12-6-2-5-11-16-14(18)15(9-10-15)13-7-3-1-4-8-13/h1,3-4,7-8,17H,2,5-6,9-12H2,(H,16,18). The summed E-state index contributed by atoms with van der Waals surface area (Å²) in [6.45, 7) is 0.954. The van der Waals surface area contributed by atoms with Gasteiger partial charge in [-0.05, 0) is 37.7 Å². The van der Waals surface area contributed by atoms with Crippen LogP contribution in [0, 0.1) is 0 Å². The van der Waals surface area contributed by atoms with Crippen molar-refractivity contribution in [2.45, 2.75) is 37.5 Å². The second-order valence-electron chi connectivity index (χ2n) is 4.99. The Bertz CT molecular complexity index is 385. The van der Waals surface area contributed by atoms with Gasteiger partial charge >= 0.3 is 0 Å². The average molecular weight is 247 g/mol. The minimum absolute atomic E-state index is 0.165. The van der Waals surface area contributed by atoms with Crippen molar-refractivity contribution in [1.29, 1.82) is 0 Å². The van der Waals surface area contributed by atoms with Crippen LogP contribution in [-0.4, -0.2) is 24.2 Å². The van der Waals surface area contributed by atoms with Crippen LogP contribution in [0.4, 0.5) is 0 Å². The van der Waals surface area contributed by atoms with Crippen molar-refractivity contribution in [1.82, 2.24) is 5.32 Å². The number of carbonyl (C=O) groups excluding carboxylic acids is 1. The third kappa shape index (κ3) is 2.91. The highest BCUT2D eigenvalue weighted by Gasteiger charge is 2.50. The van der Waals surface area contributed by atoms with Crippen molar-refractivity contribution in [3.63, 3.8) is 0 Å². The van der Waals surface area contributed by atoms with Gasteiger partial charge in [0.05, 0.1) is 5.41 Å². The zero-order valence-corrected chi connectivity index (χ0v) is 10.7. The maximum atomic E-state index is 12.2. The fourth-order valence-electron chi connectivity index (χ4n) is 2.31. The van der Waals surface area contributed by atoms with E-state index in [0.29, 0.717) is 6.54 Å². The van der Waals surface area contributed by atoms with Gasteiger partial charge in [0, 0.05) is 13.2 Å². The lowest BCUT2D eigenvalue weighted by Gasteiger charge is -2.15. The number of rotatable bonds is 7. The first-order valence-electron chi connectivity index (χ1n) is 6.74. The normalized spacial score (nSPS) is 16.3. The molecule has 0 bridgehead atoms. The lowest BCUT2D eigenvalue weighted by molar-refractivity contribution is -0.123. The van der Waals surface area contributed by atoms with E-state index in [0.717, 1.165) is 37.7 Å². The van der Waals surface area contributed by atoms with Crippen LogP contribution in [0.2, 0.25) is 0 Å². The number of hydrogen-bond acceptors (Lipinski definition) is 2. The van der Waals surface area contributed by atoms with Crippen LogP contribution in [0.25, 0.3) is 0 Å². The summed E-state index contributed by atoms with van der Waals surface area (Å²) in [5.74, 6) is 0.165. The molecule has 1 fully saturated rings. The molecule has 0 unspecified atom stereocenters. The van der Waals surface area contributed by atoms with Crippen molar-refractivity contribution in [2.24, 2.45) is 0 Å². The molecule has 18 heavy (non-hydrogen) atoms. The molecule has 1 aliphatic carbocycles. The number of hydrogen-bond donors (Lipinski definition) is 2. The topological polar surface area (TPSA) is 49.3 Å². The maximum Gasteiger partial charge on any atom is 0.230 e. The number of unbranched alkanes of at least 4 members (excludes halogenated alkanes) is 2. The molecule has 0 spiro atoms. The monoisotopic (exact) mass is 247 g/mol. The highest BCUT2D eigenvalue weighted by Crippen LogP contribution is 2.48. The molecule has 1 aromatic rings. The van der Waals surface area contributed by atoms with Gasteiger partial charge in [0.1, 0.15) is 0 Å². The van der Waals surface area contributed by atoms with Gasteiger partial charge in [0.15, 0.2) is 0 Å². The van der Waals surface area contributed by atoms with Crippen molar-refractivity contribution in [3.05, 3.63) is 35.9 Å². The fraction of sp³-hybridized carbons (Fsp3) is 0.533. The van der Waals surface area contributed by atoms with Gasteiger partial charge in [0.25, 0.3) is 0 Å². The summed E-state index contributed by atoms with van der Waals surface area (Å²) in [6, 6.07) is 10.0. The smallest absolute Gasteiger partial charge is 0.230 e. The molecule has 2 N–H and O–H groups in total. The molecule has 0 atom stereocenters. The molecule has 1 saturated carbocycles. The predicted octanol–water partition coefficient (Wildman–Crippen LogP) is 2.00. The van der Waals surface area contributed by atoms with Crippen molar-refractivity contribution in [2.75, 3.05) is 13.2 Å². The van der Waals surface area contributed by atoms with Gasteiger partial charge in [-0.25, -0.2) is 0 Å². The SMILES string of the molecule is O=C(NCCCCCO)C1(c2ccccc2)CC1. The molecule has 0 heterocycles. The zero-order valence-electron chi connectivity index (χ0n) is 10.7. The second kappa shape index (κ2) is 6.01. The third-order valence-electron chi connectivity index (χ3n) is 3.63. The summed E-state index contributed by atoms with van der Waals surface area (Å²) in [5, 5.41) is 11.7. The summed E-state index contributed by atoms with van der Waals surface area (Å²) in [6.07, 6.45) is 4.64. The molecule has 0 aliphatic heterocycles. The van der Waals surface area contributed by atoms with E-state index in [1.165, 1.54) is 0 Å². The van der Waals surface area contributed by atoms with E-state index in [-0.39, 0.29) is 17.9 Å². The van der Waals surface area contributed by atoms with Crippen molar-refractivity contribution >= 4 is 5.91 Å². The molecule has 3 heteroatoms. The predicted molar refractivity (Wildman–Crippen MR) is 71.3 cm³/mol. The van der Waals surface area contributed by atoms with Crippen LogP contribution < -0.4 is 5.32 Å². The van der Waals surface area contributed by atoms with E-state index in [2.05, 4.69) is 5.32 Å². The van der Waals surface area contributed by atoms with Crippen LogP contribution in [0.1, 0.15) is 37.7 Å². The first-order chi connectivity index (χ1) is 8.79. The Labute approximate surface area is 108 Å². The maximum absolute atomic E-state index is 12.2. The minimum Gasteiger partial charge on any atom is -0.396 e. The van der Waals surface area contributed by atoms with Crippen LogP contribution in [0.5, 0.6) is 0 Å². The second-order valence-corrected chi connectivity index (χ2v) is 4.99. The summed E-state index contributed by atoms with van der Waals surface area (Å²) < 4.78 is 0. The van der Waals surface area contributed by atoms with Crippen LogP contribution in [-0.2, 0) is 10.2 Å². The number of nitrogens with one attached hydrogen (secondary N) is 1. The Morgan fingerprint density at radius 2 is 1.89 bits per heavy atom. The summed E-state index contributed by atoms with van der Waals surface area (Å²) in [5.41, 5.74) is 0.885. The number of aliphatic hydroxyl groups excluding tert-OH is 1. The number of benzene rings is 1. The number of aliphatic hydroxyl groups is 1. The Balaban J connectivity index is 1.82. The summed E-state index contributed by atoms with van der Waals surface area (Å²) in [4.78, 5) is 12.2. The minimum atomic E-state index is -0.252. The van der Waals surface area contributed by atoms with Crippen LogP contribution in [0.15, 0.2) is 30.3 Å². The van der Waals surface area contributed by atoms with Gasteiger partial charge < -0.3 is 10.4 Å². The van der Waals surface area contributed by atoms with Gasteiger partial charge in [-0.2, -0.15) is 0 Å². The van der Waals surface area contributed by atoms with E-state index in [1.807, 2.05) is 30.3 Å². The Hall–Kier alpha value is -1.35. The highest BCUT2D eigenvalue weighted by atomic mass is 16.2. The van der Waals surface area contributed by atoms with E-state index in [4.69, 9.17) is 5.11 Å². The summed E-state index contributed by atoms with van der Waals surface area (Å²) >= 11 is 0. The quantitative estimate of drug-likeness (QED) is 0.724. The van der Waals surface area contributed by atoms with Crippen molar-refractivity contribution in [3.8, 4) is 0 Å². The molecule has 1 aromatic carbocycles. The fourth-order valence-corrected chi connectivity index (χ4v) is 2.31. The zero-order chi connectivity index (χ0) is 12.8. The molecule has 98 valence electrons. The van der Waals surface area contributed by atoms with Gasteiger partial charge in [-0.15, -0.1) is 0 Å². The van der Waals surface area contributed by atoms with Crippen molar-refractivity contribution < 1.29 is 9.90 Å². The summed E-state index contributed by atoms with van der Waals surface area (Å²) in [7, 11) is 0. The van der Waals surface area contributed by atoms with E-state index in [1.54, 1.807) is 0 Å². The first kappa shape index (κ1) is 13.1. The van der Waals surface area contributed by atoms with Crippen LogP contribution in [0.3, 0.4) is 0 Å². The van der Waals surface area contributed by atoms with Gasteiger partial charge in [0.2, 0.25) is 5.91 Å². The molecule has 0 radical (unpaired) electrons. The molecular formula is C15H21NO2. The Kier molecular flexibility index (Phi) is 4.37. The van der Waals surface area contributed by atoms with E-state index in [9.17, 15) is 4.79 Å². The third-order valence-corrected chi connectivity index (χ3v) is 3.63. The van der Waals surface area contributed by atoms with Gasteiger partial charge in [-0.3, -0.25) is 4.79 Å². The lowest BCUT2D eigenvalue weighted by atomic mass is 9.95. The average Bonchev–Trinajstić information content (AvgIpc) is 3.21. The van der Waals surface area contributed by atoms with Gasteiger partial charge in [-0.1, -0.05) is 30.3 Å². The molecular weight excluding hydrogens is 226 g/mol. The van der Waals surface area contributed by atoms with E-state index >= 15 is 0 Å². The largest absolute Gasteiger partial charge is 0.396 e. The molecule has 3 nitrogen and oxygen atoms in total. The van der Waals surface area contributed by atoms with E-state index < -0.39 is 0 Å². The lowest BCUT2D eigenvalue weighted by Crippen LogP contribution is -2.35. The number of amides is 1. The molecule has 1 aliphatic rings. The first-order valence-corrected chi connectivity index (χ1v) is 6.74.